The van der Waals surface area contributed by atoms with Crippen LogP contribution in [0.25, 0.3) is 0 Å². The minimum absolute atomic E-state index is 0. The van der Waals surface area contributed by atoms with Gasteiger partial charge in [-0.15, -0.1) is 24.0 Å². The van der Waals surface area contributed by atoms with Crippen molar-refractivity contribution in [2.24, 2.45) is 16.8 Å². The molecule has 5 heteroatoms. The molecule has 0 amide bonds. The predicted molar refractivity (Wildman–Crippen MR) is 97.0 cm³/mol. The van der Waals surface area contributed by atoms with Gasteiger partial charge in [0.15, 0.2) is 5.96 Å². The Morgan fingerprint density at radius 1 is 1.20 bits per heavy atom. The lowest BCUT2D eigenvalue weighted by Crippen LogP contribution is -2.45. The van der Waals surface area contributed by atoms with E-state index in [1.54, 1.807) is 0 Å². The largest absolute Gasteiger partial charge is 0.357 e. The molecule has 2 aliphatic rings. The molecule has 2 saturated heterocycles. The van der Waals surface area contributed by atoms with Crippen LogP contribution in [0, 0.1) is 11.8 Å². The van der Waals surface area contributed by atoms with Gasteiger partial charge in [-0.2, -0.15) is 0 Å². The molecule has 118 valence electrons. The number of hydrogen-bond donors (Lipinski definition) is 1. The SMILES string of the molecule is CCNC(=NCC1CCN(C)C1)N1CCC(C)CC1.I. The molecule has 1 unspecified atom stereocenters. The summed E-state index contributed by atoms with van der Waals surface area (Å²) in [7, 11) is 2.21. The monoisotopic (exact) mass is 394 g/mol. The molecule has 0 aromatic rings. The number of aliphatic imine (C=N–C) groups is 1. The first kappa shape index (κ1) is 18.0. The highest BCUT2D eigenvalue weighted by atomic mass is 127. The highest BCUT2D eigenvalue weighted by molar-refractivity contribution is 14.0. The van der Waals surface area contributed by atoms with Crippen LogP contribution in [0.4, 0.5) is 0 Å². The van der Waals surface area contributed by atoms with Gasteiger partial charge in [-0.1, -0.05) is 6.92 Å². The van der Waals surface area contributed by atoms with Crippen molar-refractivity contribution in [3.05, 3.63) is 0 Å². The van der Waals surface area contributed by atoms with Gasteiger partial charge in [0, 0.05) is 32.7 Å². The molecular weight excluding hydrogens is 363 g/mol. The molecule has 1 N–H and O–H groups in total. The van der Waals surface area contributed by atoms with Gasteiger partial charge in [-0.3, -0.25) is 4.99 Å². The van der Waals surface area contributed by atoms with Crippen LogP contribution >= 0.6 is 24.0 Å². The van der Waals surface area contributed by atoms with Crippen molar-refractivity contribution in [1.29, 1.82) is 0 Å². The zero-order valence-corrected chi connectivity index (χ0v) is 15.6. The zero-order chi connectivity index (χ0) is 13.7. The molecule has 0 bridgehead atoms. The minimum Gasteiger partial charge on any atom is -0.357 e. The number of nitrogens with zero attached hydrogens (tertiary/aromatic N) is 3. The van der Waals surface area contributed by atoms with Crippen LogP contribution in [0.1, 0.15) is 33.1 Å². The lowest BCUT2D eigenvalue weighted by atomic mass is 9.99. The van der Waals surface area contributed by atoms with E-state index in [2.05, 4.69) is 36.0 Å². The summed E-state index contributed by atoms with van der Waals surface area (Å²) in [5, 5.41) is 3.46. The first-order valence-electron chi connectivity index (χ1n) is 7.90. The third-order valence-corrected chi connectivity index (χ3v) is 4.41. The average Bonchev–Trinajstić information content (AvgIpc) is 2.81. The number of guanidine groups is 1. The van der Waals surface area contributed by atoms with E-state index in [-0.39, 0.29) is 24.0 Å². The van der Waals surface area contributed by atoms with E-state index >= 15 is 0 Å². The fraction of sp³-hybridized carbons (Fsp3) is 0.933. The van der Waals surface area contributed by atoms with Gasteiger partial charge < -0.3 is 15.1 Å². The Labute approximate surface area is 141 Å². The van der Waals surface area contributed by atoms with Crippen LogP contribution in [-0.4, -0.2) is 62.1 Å². The lowest BCUT2D eigenvalue weighted by molar-refractivity contribution is 0.273. The van der Waals surface area contributed by atoms with Gasteiger partial charge in [0.05, 0.1) is 0 Å². The average molecular weight is 394 g/mol. The predicted octanol–water partition coefficient (Wildman–Crippen LogP) is 2.25. The Morgan fingerprint density at radius 2 is 1.90 bits per heavy atom. The van der Waals surface area contributed by atoms with E-state index in [9.17, 15) is 0 Å². The van der Waals surface area contributed by atoms with Gasteiger partial charge in [-0.25, -0.2) is 0 Å². The minimum atomic E-state index is 0. The molecule has 0 aromatic heterocycles. The number of likely N-dealkylation sites (tertiary alicyclic amines) is 2. The first-order chi connectivity index (χ1) is 9.19. The van der Waals surface area contributed by atoms with Crippen molar-refractivity contribution in [2.75, 3.05) is 46.3 Å². The molecule has 0 aromatic carbocycles. The van der Waals surface area contributed by atoms with Crippen molar-refractivity contribution in [1.82, 2.24) is 15.1 Å². The van der Waals surface area contributed by atoms with Crippen molar-refractivity contribution in [2.45, 2.75) is 33.1 Å². The number of halogens is 1. The fourth-order valence-electron chi connectivity index (χ4n) is 3.04. The van der Waals surface area contributed by atoms with Crippen LogP contribution in [-0.2, 0) is 0 Å². The maximum atomic E-state index is 4.88. The highest BCUT2D eigenvalue weighted by Gasteiger charge is 2.21. The van der Waals surface area contributed by atoms with E-state index in [1.165, 1.54) is 32.4 Å². The van der Waals surface area contributed by atoms with Crippen LogP contribution in [0.2, 0.25) is 0 Å². The number of rotatable bonds is 3. The molecule has 0 aliphatic carbocycles. The van der Waals surface area contributed by atoms with Crippen molar-refractivity contribution in [3.8, 4) is 0 Å². The van der Waals surface area contributed by atoms with E-state index in [1.807, 2.05) is 0 Å². The maximum absolute atomic E-state index is 4.88. The summed E-state index contributed by atoms with van der Waals surface area (Å²) in [6, 6.07) is 0. The second kappa shape index (κ2) is 9.07. The smallest absolute Gasteiger partial charge is 0.193 e. The third kappa shape index (κ3) is 5.39. The molecule has 4 nitrogen and oxygen atoms in total. The Hall–Kier alpha value is -0.0400. The fourth-order valence-corrected chi connectivity index (χ4v) is 3.04. The second-order valence-electron chi connectivity index (χ2n) is 6.28. The summed E-state index contributed by atoms with van der Waals surface area (Å²) < 4.78 is 0. The van der Waals surface area contributed by atoms with E-state index in [0.717, 1.165) is 44.0 Å². The maximum Gasteiger partial charge on any atom is 0.193 e. The molecule has 2 fully saturated rings. The van der Waals surface area contributed by atoms with Gasteiger partial charge in [0.2, 0.25) is 0 Å². The quantitative estimate of drug-likeness (QED) is 0.453. The van der Waals surface area contributed by atoms with Crippen molar-refractivity contribution >= 4 is 29.9 Å². The summed E-state index contributed by atoms with van der Waals surface area (Å²) in [6.07, 6.45) is 3.91. The molecule has 2 heterocycles. The standard InChI is InChI=1S/C15H30N4.HI/c1-4-16-15(19-9-5-13(2)6-10-19)17-11-14-7-8-18(3)12-14;/h13-14H,4-12H2,1-3H3,(H,16,17);1H. The molecule has 2 aliphatic heterocycles. The topological polar surface area (TPSA) is 30.9 Å². The second-order valence-corrected chi connectivity index (χ2v) is 6.28. The normalized spacial score (nSPS) is 25.6. The van der Waals surface area contributed by atoms with E-state index in [0.29, 0.717) is 0 Å². The summed E-state index contributed by atoms with van der Waals surface area (Å²) in [5.41, 5.74) is 0. The lowest BCUT2D eigenvalue weighted by Gasteiger charge is -2.33. The number of nitrogens with one attached hydrogen (secondary N) is 1. The van der Waals surface area contributed by atoms with Crippen molar-refractivity contribution in [3.63, 3.8) is 0 Å². The highest BCUT2D eigenvalue weighted by Crippen LogP contribution is 2.17. The van der Waals surface area contributed by atoms with Gasteiger partial charge in [0.25, 0.3) is 0 Å². The number of piperidine rings is 1. The summed E-state index contributed by atoms with van der Waals surface area (Å²) in [5.74, 6) is 2.77. The van der Waals surface area contributed by atoms with Crippen LogP contribution in [0.5, 0.6) is 0 Å². The Balaban J connectivity index is 0.00000200. The molecule has 0 radical (unpaired) electrons. The van der Waals surface area contributed by atoms with Crippen LogP contribution < -0.4 is 5.32 Å². The van der Waals surface area contributed by atoms with Crippen molar-refractivity contribution < 1.29 is 0 Å². The molecule has 20 heavy (non-hydrogen) atoms. The summed E-state index contributed by atoms with van der Waals surface area (Å²) in [6.45, 7) is 11.2. The third-order valence-electron chi connectivity index (χ3n) is 4.41. The van der Waals surface area contributed by atoms with E-state index in [4.69, 9.17) is 4.99 Å². The summed E-state index contributed by atoms with van der Waals surface area (Å²) in [4.78, 5) is 9.74. The van der Waals surface area contributed by atoms with Gasteiger partial charge in [-0.05, 0) is 51.6 Å². The number of hydrogen-bond acceptors (Lipinski definition) is 2. The molecule has 0 saturated carbocycles. The zero-order valence-electron chi connectivity index (χ0n) is 13.3. The Kier molecular flexibility index (Phi) is 8.17. The van der Waals surface area contributed by atoms with Gasteiger partial charge >= 0.3 is 0 Å². The Morgan fingerprint density at radius 3 is 2.45 bits per heavy atom. The molecular formula is C15H31IN4. The molecule has 2 rings (SSSR count). The summed E-state index contributed by atoms with van der Waals surface area (Å²) >= 11 is 0. The van der Waals surface area contributed by atoms with Gasteiger partial charge in [0.1, 0.15) is 0 Å². The molecule has 0 spiro atoms. The van der Waals surface area contributed by atoms with Crippen LogP contribution in [0.15, 0.2) is 4.99 Å². The van der Waals surface area contributed by atoms with Crippen LogP contribution in [0.3, 0.4) is 0 Å². The first-order valence-corrected chi connectivity index (χ1v) is 7.90. The molecule has 1 atom stereocenters. The van der Waals surface area contributed by atoms with E-state index < -0.39 is 0 Å². The Bertz CT molecular complexity index is 300.